The molecule has 0 bridgehead atoms. The smallest absolute Gasteiger partial charge is 0.254 e. The molecule has 2 rings (SSSR count). The van der Waals surface area contributed by atoms with Crippen molar-refractivity contribution in [3.63, 3.8) is 0 Å². The Bertz CT molecular complexity index is 512. The minimum absolute atomic E-state index is 0.0696. The van der Waals surface area contributed by atoms with E-state index in [2.05, 4.69) is 17.2 Å². The summed E-state index contributed by atoms with van der Waals surface area (Å²) in [5.74, 6) is 4.47. The molecule has 0 spiro atoms. The third kappa shape index (κ3) is 2.88. The van der Waals surface area contributed by atoms with Crippen molar-refractivity contribution in [2.75, 3.05) is 6.54 Å². The average Bonchev–Trinajstić information content (AvgIpc) is 2.31. The van der Waals surface area contributed by atoms with Crippen LogP contribution in [0.1, 0.15) is 35.2 Å². The summed E-state index contributed by atoms with van der Waals surface area (Å²) in [6, 6.07) is 4.55. The molecule has 0 atom stereocenters. The number of nitrogens with two attached hydrogens (primary N) is 1. The normalized spacial score (nSPS) is 14.3. The number of carbonyl (C=O) groups excluding carboxylic acids is 1. The summed E-state index contributed by atoms with van der Waals surface area (Å²) in [4.78, 5) is 11.8. The van der Waals surface area contributed by atoms with Gasteiger partial charge in [0.25, 0.3) is 5.91 Å². The molecule has 0 saturated heterocycles. The van der Waals surface area contributed by atoms with Gasteiger partial charge in [-0.1, -0.05) is 11.8 Å². The van der Waals surface area contributed by atoms with Crippen LogP contribution in [0.25, 0.3) is 0 Å². The highest BCUT2D eigenvalue weighted by Gasteiger charge is 2.21. The maximum absolute atomic E-state index is 13.7. The summed E-state index contributed by atoms with van der Waals surface area (Å²) in [6.45, 7) is 0.228. The highest BCUT2D eigenvalue weighted by atomic mass is 19.1. The van der Waals surface area contributed by atoms with Gasteiger partial charge in [0.05, 0.1) is 12.1 Å². The van der Waals surface area contributed by atoms with Crippen molar-refractivity contribution in [2.45, 2.75) is 25.3 Å². The van der Waals surface area contributed by atoms with Crippen molar-refractivity contribution < 1.29 is 9.18 Å². The fourth-order valence-corrected chi connectivity index (χ4v) is 1.75. The van der Waals surface area contributed by atoms with E-state index >= 15 is 0 Å². The first-order chi connectivity index (χ1) is 8.70. The molecule has 1 aliphatic carbocycles. The van der Waals surface area contributed by atoms with E-state index in [0.717, 1.165) is 19.3 Å². The number of rotatable bonds is 2. The molecule has 1 aliphatic rings. The molecule has 1 saturated carbocycles. The van der Waals surface area contributed by atoms with E-state index < -0.39 is 5.82 Å². The Kier molecular flexibility index (Phi) is 3.96. The highest BCUT2D eigenvalue weighted by Crippen LogP contribution is 2.19. The first-order valence-corrected chi connectivity index (χ1v) is 6.00. The lowest BCUT2D eigenvalue weighted by molar-refractivity contribution is 0.0913. The zero-order chi connectivity index (χ0) is 13.0. The van der Waals surface area contributed by atoms with Crippen LogP contribution in [0.15, 0.2) is 18.2 Å². The van der Waals surface area contributed by atoms with Crippen molar-refractivity contribution in [3.8, 4) is 11.8 Å². The van der Waals surface area contributed by atoms with Crippen LogP contribution in [-0.2, 0) is 0 Å². The molecular weight excluding hydrogens is 231 g/mol. The molecule has 0 unspecified atom stereocenters. The predicted octanol–water partition coefficient (Wildman–Crippen LogP) is 1.42. The van der Waals surface area contributed by atoms with Crippen LogP contribution < -0.4 is 11.1 Å². The Morgan fingerprint density at radius 3 is 2.83 bits per heavy atom. The van der Waals surface area contributed by atoms with E-state index in [-0.39, 0.29) is 24.1 Å². The maximum atomic E-state index is 13.7. The lowest BCUT2D eigenvalue weighted by atomic mass is 9.93. The van der Waals surface area contributed by atoms with Gasteiger partial charge in [0.1, 0.15) is 5.82 Å². The maximum Gasteiger partial charge on any atom is 0.254 e. The van der Waals surface area contributed by atoms with Crippen molar-refractivity contribution in [1.29, 1.82) is 0 Å². The standard InChI is InChI=1S/C14H15FN2O/c15-13-9-10(3-2-8-16)6-7-12(13)14(18)17-11-4-1-5-11/h6-7,9,11H,1,4-5,8,16H2,(H,17,18). The molecule has 0 aliphatic heterocycles. The molecule has 3 N–H and O–H groups in total. The molecule has 4 heteroatoms. The van der Waals surface area contributed by atoms with E-state index in [1.807, 2.05) is 0 Å². The number of nitrogens with one attached hydrogen (secondary N) is 1. The van der Waals surface area contributed by atoms with Gasteiger partial charge < -0.3 is 11.1 Å². The number of hydrogen-bond donors (Lipinski definition) is 2. The fraction of sp³-hybridized carbons (Fsp3) is 0.357. The van der Waals surface area contributed by atoms with Crippen LogP contribution in [0, 0.1) is 17.7 Å². The summed E-state index contributed by atoms with van der Waals surface area (Å²) in [7, 11) is 0. The van der Waals surface area contributed by atoms with Crippen LogP contribution in [-0.4, -0.2) is 18.5 Å². The summed E-state index contributed by atoms with van der Waals surface area (Å²) in [5, 5.41) is 2.80. The Hall–Kier alpha value is -1.86. The van der Waals surface area contributed by atoms with Crippen LogP contribution in [0.4, 0.5) is 4.39 Å². The molecule has 1 aromatic rings. The molecule has 94 valence electrons. The molecule has 18 heavy (non-hydrogen) atoms. The van der Waals surface area contributed by atoms with Gasteiger partial charge in [0.2, 0.25) is 0 Å². The highest BCUT2D eigenvalue weighted by molar-refractivity contribution is 5.94. The number of amides is 1. The van der Waals surface area contributed by atoms with E-state index in [0.29, 0.717) is 5.56 Å². The topological polar surface area (TPSA) is 55.1 Å². The Labute approximate surface area is 106 Å². The van der Waals surface area contributed by atoms with E-state index in [4.69, 9.17) is 5.73 Å². The van der Waals surface area contributed by atoms with E-state index in [1.165, 1.54) is 12.1 Å². The molecule has 0 radical (unpaired) electrons. The largest absolute Gasteiger partial charge is 0.349 e. The number of hydrogen-bond acceptors (Lipinski definition) is 2. The second-order valence-corrected chi connectivity index (χ2v) is 4.30. The second-order valence-electron chi connectivity index (χ2n) is 4.30. The third-order valence-electron chi connectivity index (χ3n) is 2.99. The zero-order valence-corrected chi connectivity index (χ0v) is 10.0. The Morgan fingerprint density at radius 2 is 2.28 bits per heavy atom. The van der Waals surface area contributed by atoms with Crippen molar-refractivity contribution in [3.05, 3.63) is 35.1 Å². The molecule has 0 heterocycles. The lowest BCUT2D eigenvalue weighted by Crippen LogP contribution is -2.39. The third-order valence-corrected chi connectivity index (χ3v) is 2.99. The molecule has 1 aromatic carbocycles. The monoisotopic (exact) mass is 246 g/mol. The average molecular weight is 246 g/mol. The minimum atomic E-state index is -0.546. The first kappa shape index (κ1) is 12.6. The van der Waals surface area contributed by atoms with Gasteiger partial charge in [0, 0.05) is 11.6 Å². The molecule has 1 amide bonds. The van der Waals surface area contributed by atoms with Gasteiger partial charge in [-0.15, -0.1) is 0 Å². The summed E-state index contributed by atoms with van der Waals surface area (Å²) >= 11 is 0. The van der Waals surface area contributed by atoms with Crippen molar-refractivity contribution in [1.82, 2.24) is 5.32 Å². The van der Waals surface area contributed by atoms with Gasteiger partial charge in [-0.25, -0.2) is 4.39 Å². The van der Waals surface area contributed by atoms with E-state index in [1.54, 1.807) is 6.07 Å². The van der Waals surface area contributed by atoms with Gasteiger partial charge in [-0.2, -0.15) is 0 Å². The number of benzene rings is 1. The van der Waals surface area contributed by atoms with Crippen molar-refractivity contribution >= 4 is 5.91 Å². The molecule has 3 nitrogen and oxygen atoms in total. The summed E-state index contributed by atoms with van der Waals surface area (Å²) in [5.41, 5.74) is 5.83. The van der Waals surface area contributed by atoms with Crippen LogP contribution >= 0.6 is 0 Å². The molecular formula is C14H15FN2O. The van der Waals surface area contributed by atoms with Gasteiger partial charge >= 0.3 is 0 Å². The Balaban J connectivity index is 2.10. The predicted molar refractivity (Wildman–Crippen MR) is 67.4 cm³/mol. The van der Waals surface area contributed by atoms with Crippen LogP contribution in [0.2, 0.25) is 0 Å². The Morgan fingerprint density at radius 1 is 1.50 bits per heavy atom. The number of halogens is 1. The SMILES string of the molecule is NCC#Cc1ccc(C(=O)NC2CCC2)c(F)c1. The van der Waals surface area contributed by atoms with Gasteiger partial charge in [-0.05, 0) is 37.5 Å². The zero-order valence-electron chi connectivity index (χ0n) is 10.0. The van der Waals surface area contributed by atoms with Crippen LogP contribution in [0.5, 0.6) is 0 Å². The van der Waals surface area contributed by atoms with E-state index in [9.17, 15) is 9.18 Å². The quantitative estimate of drug-likeness (QED) is 0.775. The van der Waals surface area contributed by atoms with Gasteiger partial charge in [-0.3, -0.25) is 4.79 Å². The fourth-order valence-electron chi connectivity index (χ4n) is 1.75. The minimum Gasteiger partial charge on any atom is -0.349 e. The lowest BCUT2D eigenvalue weighted by Gasteiger charge is -2.26. The second kappa shape index (κ2) is 5.65. The first-order valence-electron chi connectivity index (χ1n) is 6.00. The summed E-state index contributed by atoms with van der Waals surface area (Å²) in [6.07, 6.45) is 3.09. The van der Waals surface area contributed by atoms with Crippen LogP contribution in [0.3, 0.4) is 0 Å². The molecule has 0 aromatic heterocycles. The van der Waals surface area contributed by atoms with Crippen molar-refractivity contribution in [2.24, 2.45) is 5.73 Å². The van der Waals surface area contributed by atoms with Gasteiger partial charge in [0.15, 0.2) is 0 Å². The summed E-state index contributed by atoms with van der Waals surface area (Å²) < 4.78 is 13.7. The number of carbonyl (C=O) groups is 1. The molecule has 1 fully saturated rings.